The van der Waals surface area contributed by atoms with Crippen molar-refractivity contribution in [3.8, 4) is 11.3 Å². The molecule has 23 heavy (non-hydrogen) atoms. The highest BCUT2D eigenvalue weighted by molar-refractivity contribution is 9.10. The van der Waals surface area contributed by atoms with Crippen LogP contribution in [0.4, 0.5) is 5.13 Å². The van der Waals surface area contributed by atoms with Gasteiger partial charge in [-0.3, -0.25) is 10.1 Å². The first-order chi connectivity index (χ1) is 11.0. The molecule has 3 aromatic rings. The van der Waals surface area contributed by atoms with E-state index in [4.69, 9.17) is 11.6 Å². The fraction of sp³-hybridized carbons (Fsp3) is 0. The highest BCUT2D eigenvalue weighted by Gasteiger charge is 2.11. The molecular formula is C16H9Br2ClN2OS. The Labute approximate surface area is 159 Å². The Kier molecular flexibility index (Phi) is 5.16. The molecule has 0 bridgehead atoms. The third kappa shape index (κ3) is 4.20. The molecule has 0 atom stereocenters. The predicted octanol–water partition coefficient (Wildman–Crippen LogP) is 6.24. The molecule has 0 spiro atoms. The van der Waals surface area contributed by atoms with Gasteiger partial charge in [0.25, 0.3) is 5.91 Å². The standard InChI is InChI=1S/C16H9Br2ClN2OS/c17-11-3-1-2-9(4-11)14-8-23-16(20-14)21-15(22)10-5-12(18)7-13(19)6-10/h1-8H,(H,20,21,22). The van der Waals surface area contributed by atoms with Crippen molar-refractivity contribution in [2.45, 2.75) is 0 Å². The van der Waals surface area contributed by atoms with Crippen molar-refractivity contribution in [2.24, 2.45) is 0 Å². The Hall–Kier alpha value is -1.21. The molecule has 2 aromatic carbocycles. The Bertz CT molecular complexity index is 862. The van der Waals surface area contributed by atoms with Crippen LogP contribution in [0.25, 0.3) is 11.3 Å². The molecule has 0 unspecified atom stereocenters. The average molecular weight is 473 g/mol. The number of carbonyl (C=O) groups is 1. The lowest BCUT2D eigenvalue weighted by Gasteiger charge is -2.03. The van der Waals surface area contributed by atoms with Gasteiger partial charge in [0.1, 0.15) is 0 Å². The minimum Gasteiger partial charge on any atom is -0.298 e. The second-order valence-corrected chi connectivity index (χ2v) is 7.79. The molecule has 0 saturated heterocycles. The van der Waals surface area contributed by atoms with Crippen LogP contribution in [0, 0.1) is 0 Å². The van der Waals surface area contributed by atoms with Crippen LogP contribution in [0.15, 0.2) is 56.8 Å². The van der Waals surface area contributed by atoms with Crippen molar-refractivity contribution >= 4 is 65.8 Å². The van der Waals surface area contributed by atoms with Crippen LogP contribution in [-0.2, 0) is 0 Å². The van der Waals surface area contributed by atoms with Crippen LogP contribution in [0.3, 0.4) is 0 Å². The van der Waals surface area contributed by atoms with Crippen LogP contribution in [0.5, 0.6) is 0 Å². The summed E-state index contributed by atoms with van der Waals surface area (Å²) in [6, 6.07) is 12.9. The van der Waals surface area contributed by atoms with E-state index in [1.165, 1.54) is 11.3 Å². The van der Waals surface area contributed by atoms with E-state index in [9.17, 15) is 4.79 Å². The van der Waals surface area contributed by atoms with Gasteiger partial charge in [-0.1, -0.05) is 55.6 Å². The van der Waals surface area contributed by atoms with E-state index >= 15 is 0 Å². The Morgan fingerprint density at radius 3 is 2.70 bits per heavy atom. The van der Waals surface area contributed by atoms with Crippen molar-refractivity contribution < 1.29 is 4.79 Å². The molecule has 0 aliphatic heterocycles. The molecule has 3 rings (SSSR count). The number of hydrogen-bond donors (Lipinski definition) is 1. The molecule has 0 aliphatic carbocycles. The molecule has 0 radical (unpaired) electrons. The van der Waals surface area contributed by atoms with Crippen molar-refractivity contribution in [1.29, 1.82) is 0 Å². The van der Waals surface area contributed by atoms with Gasteiger partial charge in [0.2, 0.25) is 0 Å². The summed E-state index contributed by atoms with van der Waals surface area (Å²) in [6.45, 7) is 0. The Morgan fingerprint density at radius 1 is 1.13 bits per heavy atom. The molecule has 0 aliphatic rings. The molecule has 7 heteroatoms. The van der Waals surface area contributed by atoms with Gasteiger partial charge in [-0.25, -0.2) is 4.98 Å². The van der Waals surface area contributed by atoms with Crippen LogP contribution < -0.4 is 5.32 Å². The Balaban J connectivity index is 1.80. The third-order valence-corrected chi connectivity index (χ3v) is 4.90. The summed E-state index contributed by atoms with van der Waals surface area (Å²) in [5.41, 5.74) is 2.28. The summed E-state index contributed by atoms with van der Waals surface area (Å²) in [5, 5.41) is 5.74. The van der Waals surface area contributed by atoms with Crippen molar-refractivity contribution in [2.75, 3.05) is 5.32 Å². The van der Waals surface area contributed by atoms with Crippen LogP contribution >= 0.6 is 54.8 Å². The smallest absolute Gasteiger partial charge is 0.257 e. The zero-order valence-electron chi connectivity index (χ0n) is 11.5. The number of amides is 1. The summed E-state index contributed by atoms with van der Waals surface area (Å²) in [6.07, 6.45) is 0. The van der Waals surface area contributed by atoms with Crippen molar-refractivity contribution in [1.82, 2.24) is 4.98 Å². The normalized spacial score (nSPS) is 10.6. The van der Waals surface area contributed by atoms with Gasteiger partial charge in [-0.15, -0.1) is 11.3 Å². The number of anilines is 1. The number of thiazole rings is 1. The van der Waals surface area contributed by atoms with Gasteiger partial charge >= 0.3 is 0 Å². The van der Waals surface area contributed by atoms with Crippen molar-refractivity contribution in [3.63, 3.8) is 0 Å². The quantitative estimate of drug-likeness (QED) is 0.490. The van der Waals surface area contributed by atoms with Crippen LogP contribution in [0.2, 0.25) is 5.02 Å². The van der Waals surface area contributed by atoms with Crippen LogP contribution in [-0.4, -0.2) is 10.9 Å². The molecule has 1 amide bonds. The molecule has 1 aromatic heterocycles. The number of aromatic nitrogens is 1. The van der Waals surface area contributed by atoms with Gasteiger partial charge in [-0.2, -0.15) is 0 Å². The fourth-order valence-corrected chi connectivity index (χ4v) is 3.94. The maximum Gasteiger partial charge on any atom is 0.257 e. The largest absolute Gasteiger partial charge is 0.298 e. The summed E-state index contributed by atoms with van der Waals surface area (Å²) < 4.78 is 1.74. The van der Waals surface area contributed by atoms with Gasteiger partial charge < -0.3 is 0 Å². The second kappa shape index (κ2) is 7.13. The highest BCUT2D eigenvalue weighted by Crippen LogP contribution is 2.27. The maximum atomic E-state index is 12.3. The van der Waals surface area contributed by atoms with E-state index < -0.39 is 0 Å². The fourth-order valence-electron chi connectivity index (χ4n) is 1.97. The zero-order valence-corrected chi connectivity index (χ0v) is 16.3. The average Bonchev–Trinajstić information content (AvgIpc) is 2.95. The van der Waals surface area contributed by atoms with Gasteiger partial charge in [-0.05, 0) is 30.3 Å². The highest BCUT2D eigenvalue weighted by atomic mass is 79.9. The zero-order chi connectivity index (χ0) is 16.4. The van der Waals surface area contributed by atoms with E-state index in [1.54, 1.807) is 18.2 Å². The number of rotatable bonds is 3. The van der Waals surface area contributed by atoms with E-state index in [0.29, 0.717) is 15.7 Å². The summed E-state index contributed by atoms with van der Waals surface area (Å²) in [4.78, 5) is 16.7. The number of nitrogens with one attached hydrogen (secondary N) is 1. The third-order valence-electron chi connectivity index (χ3n) is 2.97. The number of hydrogen-bond acceptors (Lipinski definition) is 3. The minimum absolute atomic E-state index is 0.247. The summed E-state index contributed by atoms with van der Waals surface area (Å²) >= 11 is 14.1. The molecular weight excluding hydrogens is 464 g/mol. The maximum absolute atomic E-state index is 12.3. The monoisotopic (exact) mass is 470 g/mol. The van der Waals surface area contributed by atoms with Crippen LogP contribution in [0.1, 0.15) is 10.4 Å². The molecule has 116 valence electrons. The van der Waals surface area contributed by atoms with E-state index in [0.717, 1.165) is 20.2 Å². The van der Waals surface area contributed by atoms with E-state index in [-0.39, 0.29) is 5.91 Å². The lowest BCUT2D eigenvalue weighted by molar-refractivity contribution is 0.102. The first-order valence-corrected chi connectivity index (χ1v) is 9.34. The second-order valence-electron chi connectivity index (χ2n) is 4.66. The molecule has 3 nitrogen and oxygen atoms in total. The first kappa shape index (κ1) is 16.6. The van der Waals surface area contributed by atoms with Gasteiger partial charge in [0.15, 0.2) is 5.13 Å². The molecule has 0 fully saturated rings. The number of benzene rings is 2. The van der Waals surface area contributed by atoms with Gasteiger partial charge in [0.05, 0.1) is 5.69 Å². The van der Waals surface area contributed by atoms with Crippen molar-refractivity contribution in [3.05, 3.63) is 67.4 Å². The predicted molar refractivity (Wildman–Crippen MR) is 102 cm³/mol. The molecule has 1 heterocycles. The van der Waals surface area contributed by atoms with E-state index in [1.807, 2.05) is 29.6 Å². The summed E-state index contributed by atoms with van der Waals surface area (Å²) in [7, 11) is 0. The molecule has 0 saturated carbocycles. The minimum atomic E-state index is -0.247. The lowest BCUT2D eigenvalue weighted by atomic mass is 10.2. The SMILES string of the molecule is O=C(Nc1nc(-c2cccc(Br)c2)cs1)c1cc(Cl)cc(Br)c1. The number of carbonyl (C=O) groups excluding carboxylic acids is 1. The number of halogens is 3. The summed E-state index contributed by atoms with van der Waals surface area (Å²) in [5.74, 6) is -0.247. The number of nitrogens with zero attached hydrogens (tertiary/aromatic N) is 1. The Morgan fingerprint density at radius 2 is 1.96 bits per heavy atom. The van der Waals surface area contributed by atoms with Gasteiger partial charge in [0, 0.05) is 30.5 Å². The lowest BCUT2D eigenvalue weighted by Crippen LogP contribution is -2.11. The first-order valence-electron chi connectivity index (χ1n) is 6.50. The topological polar surface area (TPSA) is 42.0 Å². The van der Waals surface area contributed by atoms with E-state index in [2.05, 4.69) is 42.2 Å². The molecule has 1 N–H and O–H groups in total.